The van der Waals surface area contributed by atoms with E-state index in [-0.39, 0.29) is 12.6 Å². The minimum absolute atomic E-state index is 0.0759. The fourth-order valence-electron chi connectivity index (χ4n) is 1.16. The van der Waals surface area contributed by atoms with E-state index in [1.54, 1.807) is 13.8 Å². The van der Waals surface area contributed by atoms with Crippen molar-refractivity contribution in [2.24, 2.45) is 0 Å². The second-order valence-corrected chi connectivity index (χ2v) is 7.96. The number of carbonyl (C=O) groups is 2. The summed E-state index contributed by atoms with van der Waals surface area (Å²) in [4.78, 5) is 23.6. The molecule has 2 amide bonds. The molecule has 112 valence electrons. The fraction of sp³-hybridized carbons (Fsp3) is 0.818. The van der Waals surface area contributed by atoms with Gasteiger partial charge in [-0.25, -0.2) is 13.2 Å². The number of aliphatic carboxylic acids is 1. The molecule has 0 bridgehead atoms. The van der Waals surface area contributed by atoms with Crippen molar-refractivity contribution in [1.29, 1.82) is 0 Å². The molecule has 0 aliphatic rings. The lowest BCUT2D eigenvalue weighted by Crippen LogP contribution is -2.51. The highest BCUT2D eigenvalue weighted by molar-refractivity contribution is 7.92. The number of amides is 2. The fourth-order valence-corrected chi connectivity index (χ4v) is 1.49. The van der Waals surface area contributed by atoms with Gasteiger partial charge in [-0.2, -0.15) is 0 Å². The van der Waals surface area contributed by atoms with Crippen molar-refractivity contribution in [3.05, 3.63) is 0 Å². The van der Waals surface area contributed by atoms with Crippen molar-refractivity contribution in [3.63, 3.8) is 0 Å². The highest BCUT2D eigenvalue weighted by atomic mass is 32.2. The lowest BCUT2D eigenvalue weighted by Gasteiger charge is -2.28. The van der Waals surface area contributed by atoms with Crippen LogP contribution < -0.4 is 5.32 Å². The molecule has 0 aliphatic carbocycles. The summed E-state index contributed by atoms with van der Waals surface area (Å²) in [5, 5.41) is 11.2. The first-order valence-electron chi connectivity index (χ1n) is 5.84. The molecule has 0 spiro atoms. The molecule has 0 saturated carbocycles. The molecule has 0 heterocycles. The van der Waals surface area contributed by atoms with Crippen molar-refractivity contribution in [3.8, 4) is 0 Å². The van der Waals surface area contributed by atoms with Crippen LogP contribution in [0.2, 0.25) is 0 Å². The number of rotatable bonds is 6. The number of carbonyl (C=O) groups excluding carboxylic acids is 1. The Morgan fingerprint density at radius 2 is 1.79 bits per heavy atom. The van der Waals surface area contributed by atoms with E-state index in [0.717, 1.165) is 11.2 Å². The predicted molar refractivity (Wildman–Crippen MR) is 71.8 cm³/mol. The van der Waals surface area contributed by atoms with Crippen LogP contribution in [0.5, 0.6) is 0 Å². The average Bonchev–Trinajstić information content (AvgIpc) is 2.20. The number of nitrogens with one attached hydrogen (secondary N) is 1. The summed E-state index contributed by atoms with van der Waals surface area (Å²) in [7, 11) is -3.32. The third kappa shape index (κ3) is 5.46. The van der Waals surface area contributed by atoms with Gasteiger partial charge in [0.1, 0.15) is 6.54 Å². The van der Waals surface area contributed by atoms with Gasteiger partial charge in [0.15, 0.2) is 9.84 Å². The lowest BCUT2D eigenvalue weighted by atomic mass is 10.2. The third-order valence-electron chi connectivity index (χ3n) is 2.86. The summed E-state index contributed by atoms with van der Waals surface area (Å²) < 4.78 is 21.9. The molecular formula is C11H22N2O5S. The Morgan fingerprint density at radius 3 is 2.11 bits per heavy atom. The maximum absolute atomic E-state index is 11.9. The Labute approximate surface area is 113 Å². The van der Waals surface area contributed by atoms with Crippen LogP contribution in [0, 0.1) is 0 Å². The van der Waals surface area contributed by atoms with Crippen LogP contribution in [0.1, 0.15) is 27.7 Å². The Morgan fingerprint density at radius 1 is 1.32 bits per heavy atom. The second kappa shape index (κ2) is 6.23. The highest BCUT2D eigenvalue weighted by Gasteiger charge is 2.31. The summed E-state index contributed by atoms with van der Waals surface area (Å²) in [5.74, 6) is -1.12. The SMILES string of the molecule is CC(C)N(CC(=O)O)C(=O)NCC(C)(C)S(C)(=O)=O. The Hall–Kier alpha value is -1.31. The van der Waals surface area contributed by atoms with Crippen LogP contribution in [0.25, 0.3) is 0 Å². The first-order valence-corrected chi connectivity index (χ1v) is 7.73. The Kier molecular flexibility index (Phi) is 5.80. The summed E-state index contributed by atoms with van der Waals surface area (Å²) in [6.07, 6.45) is 1.09. The normalized spacial score (nSPS) is 12.3. The zero-order chi connectivity index (χ0) is 15.4. The molecular weight excluding hydrogens is 272 g/mol. The Balaban J connectivity index is 4.72. The number of sulfone groups is 1. The highest BCUT2D eigenvalue weighted by Crippen LogP contribution is 2.13. The van der Waals surface area contributed by atoms with E-state index in [1.165, 1.54) is 13.8 Å². The predicted octanol–water partition coefficient (Wildman–Crippen LogP) is 0.314. The van der Waals surface area contributed by atoms with E-state index in [1.807, 2.05) is 0 Å². The average molecular weight is 294 g/mol. The summed E-state index contributed by atoms with van der Waals surface area (Å²) in [6, 6.07) is -0.883. The standard InChI is InChI=1S/C11H22N2O5S/c1-8(2)13(6-9(14)15)10(16)12-7-11(3,4)19(5,17)18/h8H,6-7H2,1-5H3,(H,12,16)(H,14,15). The van der Waals surface area contributed by atoms with Crippen molar-refractivity contribution in [1.82, 2.24) is 10.2 Å². The molecule has 0 aliphatic heterocycles. The number of carboxylic acids is 1. The van der Waals surface area contributed by atoms with E-state index >= 15 is 0 Å². The van der Waals surface area contributed by atoms with Gasteiger partial charge in [-0.3, -0.25) is 4.79 Å². The number of nitrogens with zero attached hydrogens (tertiary/aromatic N) is 1. The zero-order valence-electron chi connectivity index (χ0n) is 11.9. The molecule has 0 fully saturated rings. The number of hydrogen-bond acceptors (Lipinski definition) is 4. The summed E-state index contributed by atoms with van der Waals surface area (Å²) >= 11 is 0. The molecule has 0 saturated heterocycles. The third-order valence-corrected chi connectivity index (χ3v) is 5.01. The van der Waals surface area contributed by atoms with Gasteiger partial charge in [0.05, 0.1) is 4.75 Å². The number of urea groups is 1. The van der Waals surface area contributed by atoms with Gasteiger partial charge in [-0.1, -0.05) is 0 Å². The van der Waals surface area contributed by atoms with Gasteiger partial charge in [-0.05, 0) is 27.7 Å². The van der Waals surface area contributed by atoms with Crippen LogP contribution >= 0.6 is 0 Å². The summed E-state index contributed by atoms with van der Waals surface area (Å²) in [5.41, 5.74) is 0. The van der Waals surface area contributed by atoms with E-state index < -0.39 is 33.1 Å². The minimum atomic E-state index is -3.32. The largest absolute Gasteiger partial charge is 0.480 e. The minimum Gasteiger partial charge on any atom is -0.480 e. The Bertz CT molecular complexity index is 442. The van der Waals surface area contributed by atoms with E-state index in [9.17, 15) is 18.0 Å². The molecule has 0 aromatic carbocycles. The van der Waals surface area contributed by atoms with Gasteiger partial charge in [-0.15, -0.1) is 0 Å². The maximum Gasteiger partial charge on any atom is 0.323 e. The van der Waals surface area contributed by atoms with Crippen molar-refractivity contribution >= 4 is 21.8 Å². The number of hydrogen-bond donors (Lipinski definition) is 2. The molecule has 0 aromatic rings. The first kappa shape index (κ1) is 17.7. The molecule has 8 heteroatoms. The molecule has 2 N–H and O–H groups in total. The van der Waals surface area contributed by atoms with Gasteiger partial charge < -0.3 is 15.3 Å². The van der Waals surface area contributed by atoms with Crippen LogP contribution in [0.15, 0.2) is 0 Å². The van der Waals surface area contributed by atoms with Gasteiger partial charge in [0.2, 0.25) is 0 Å². The smallest absolute Gasteiger partial charge is 0.323 e. The van der Waals surface area contributed by atoms with Crippen LogP contribution in [0.4, 0.5) is 4.79 Å². The van der Waals surface area contributed by atoms with E-state index in [0.29, 0.717) is 0 Å². The molecule has 0 unspecified atom stereocenters. The topological polar surface area (TPSA) is 104 Å². The van der Waals surface area contributed by atoms with Crippen molar-refractivity contribution < 1.29 is 23.1 Å². The van der Waals surface area contributed by atoms with E-state index in [4.69, 9.17) is 5.11 Å². The van der Waals surface area contributed by atoms with Crippen molar-refractivity contribution in [2.45, 2.75) is 38.5 Å². The molecule has 19 heavy (non-hydrogen) atoms. The van der Waals surface area contributed by atoms with Crippen LogP contribution in [0.3, 0.4) is 0 Å². The van der Waals surface area contributed by atoms with Crippen molar-refractivity contribution in [2.75, 3.05) is 19.3 Å². The molecule has 0 aromatic heterocycles. The van der Waals surface area contributed by atoms with Gasteiger partial charge in [0.25, 0.3) is 0 Å². The molecule has 0 radical (unpaired) electrons. The summed E-state index contributed by atoms with van der Waals surface area (Å²) in [6.45, 7) is 5.86. The lowest BCUT2D eigenvalue weighted by molar-refractivity contribution is -0.138. The number of carboxylic acid groups (broad SMARTS) is 1. The van der Waals surface area contributed by atoms with Gasteiger partial charge >= 0.3 is 12.0 Å². The first-order chi connectivity index (χ1) is 8.38. The van der Waals surface area contributed by atoms with E-state index in [2.05, 4.69) is 5.32 Å². The maximum atomic E-state index is 11.9. The monoisotopic (exact) mass is 294 g/mol. The molecule has 7 nitrogen and oxygen atoms in total. The zero-order valence-corrected chi connectivity index (χ0v) is 12.7. The second-order valence-electron chi connectivity index (χ2n) is 5.31. The molecule has 0 atom stereocenters. The van der Waals surface area contributed by atoms with Crippen LogP contribution in [-0.2, 0) is 14.6 Å². The van der Waals surface area contributed by atoms with Crippen LogP contribution in [-0.4, -0.2) is 60.6 Å². The molecule has 0 rings (SSSR count). The van der Waals surface area contributed by atoms with Gasteiger partial charge in [0, 0.05) is 18.8 Å². The quantitative estimate of drug-likeness (QED) is 0.734.